The molecule has 0 amide bonds. The predicted octanol–water partition coefficient (Wildman–Crippen LogP) is 6.37. The van der Waals surface area contributed by atoms with E-state index in [1.807, 2.05) is 0 Å². The zero-order valence-electron chi connectivity index (χ0n) is 15.1. The van der Waals surface area contributed by atoms with E-state index in [0.29, 0.717) is 10.8 Å². The highest BCUT2D eigenvalue weighted by Gasteiger charge is 2.18. The van der Waals surface area contributed by atoms with Gasteiger partial charge in [0.05, 0.1) is 0 Å². The van der Waals surface area contributed by atoms with Crippen LogP contribution in [0.15, 0.2) is 28.7 Å². The maximum atomic E-state index is 13.2. The Morgan fingerprint density at radius 3 is 2.77 bits per heavy atom. The highest BCUT2D eigenvalue weighted by molar-refractivity contribution is 7.98. The molecule has 0 atom stereocenters. The van der Waals surface area contributed by atoms with Gasteiger partial charge in [0.2, 0.25) is 0 Å². The minimum absolute atomic E-state index is 0.319. The molecule has 0 saturated heterocycles. The molecular formula is C19H21ClFN3S2. The topological polar surface area (TPSA) is 30.7 Å². The highest BCUT2D eigenvalue weighted by Crippen LogP contribution is 2.34. The predicted molar refractivity (Wildman–Crippen MR) is 109 cm³/mol. The smallest absolute Gasteiger partial charge is 0.191 e. The maximum Gasteiger partial charge on any atom is 0.191 e. The minimum atomic E-state index is -0.319. The van der Waals surface area contributed by atoms with Crippen LogP contribution in [0.5, 0.6) is 0 Å². The molecule has 26 heavy (non-hydrogen) atoms. The number of thioether (sulfide) groups is 1. The maximum absolute atomic E-state index is 13.2. The van der Waals surface area contributed by atoms with Crippen molar-refractivity contribution in [2.75, 3.05) is 0 Å². The molecule has 3 aromatic rings. The fourth-order valence-electron chi connectivity index (χ4n) is 2.91. The SMILES string of the molecule is CCCn1c(SCc2ccc(F)cc2Cl)nnc1-c1csc(C)c1CC. The lowest BCUT2D eigenvalue weighted by atomic mass is 10.1. The summed E-state index contributed by atoms with van der Waals surface area (Å²) in [5.41, 5.74) is 3.42. The second kappa shape index (κ2) is 8.55. The van der Waals surface area contributed by atoms with Gasteiger partial charge < -0.3 is 4.57 Å². The number of halogens is 2. The van der Waals surface area contributed by atoms with Gasteiger partial charge in [0.15, 0.2) is 11.0 Å². The molecule has 2 heterocycles. The van der Waals surface area contributed by atoms with Crippen LogP contribution in [0.2, 0.25) is 5.02 Å². The summed E-state index contributed by atoms with van der Waals surface area (Å²) < 4.78 is 15.4. The first-order valence-corrected chi connectivity index (χ1v) is 10.9. The van der Waals surface area contributed by atoms with Gasteiger partial charge in [-0.1, -0.05) is 43.3 Å². The third-order valence-corrected chi connectivity index (χ3v) is 6.55. The molecule has 0 N–H and O–H groups in total. The van der Waals surface area contributed by atoms with E-state index in [0.717, 1.165) is 35.9 Å². The molecule has 0 fully saturated rings. The second-order valence-electron chi connectivity index (χ2n) is 6.02. The third-order valence-electron chi connectivity index (χ3n) is 4.23. The van der Waals surface area contributed by atoms with Gasteiger partial charge in [0.25, 0.3) is 0 Å². The van der Waals surface area contributed by atoms with Crippen molar-refractivity contribution in [3.63, 3.8) is 0 Å². The Morgan fingerprint density at radius 1 is 1.27 bits per heavy atom. The Bertz CT molecular complexity index is 904. The van der Waals surface area contributed by atoms with Crippen molar-refractivity contribution < 1.29 is 4.39 Å². The first-order valence-electron chi connectivity index (χ1n) is 8.62. The quantitative estimate of drug-likeness (QED) is 0.424. The normalized spacial score (nSPS) is 11.3. The van der Waals surface area contributed by atoms with Gasteiger partial charge in [-0.15, -0.1) is 21.5 Å². The van der Waals surface area contributed by atoms with Crippen LogP contribution in [-0.2, 0) is 18.7 Å². The number of aryl methyl sites for hydroxylation is 1. The molecule has 0 unspecified atom stereocenters. The Kier molecular flexibility index (Phi) is 6.37. The van der Waals surface area contributed by atoms with Crippen LogP contribution < -0.4 is 0 Å². The van der Waals surface area contributed by atoms with Gasteiger partial charge >= 0.3 is 0 Å². The number of thiophene rings is 1. The molecule has 0 aliphatic carbocycles. The van der Waals surface area contributed by atoms with Crippen molar-refractivity contribution in [2.24, 2.45) is 0 Å². The van der Waals surface area contributed by atoms with Crippen molar-refractivity contribution in [1.82, 2.24) is 14.8 Å². The molecule has 0 aliphatic heterocycles. The summed E-state index contributed by atoms with van der Waals surface area (Å²) in [4.78, 5) is 1.33. The number of rotatable bonds is 7. The van der Waals surface area contributed by atoms with Crippen LogP contribution in [0.1, 0.15) is 36.3 Å². The van der Waals surface area contributed by atoms with E-state index in [1.165, 1.54) is 28.1 Å². The van der Waals surface area contributed by atoms with Crippen LogP contribution in [0.4, 0.5) is 4.39 Å². The van der Waals surface area contributed by atoms with E-state index in [4.69, 9.17) is 11.6 Å². The highest BCUT2D eigenvalue weighted by atomic mass is 35.5. The first kappa shape index (κ1) is 19.4. The van der Waals surface area contributed by atoms with Gasteiger partial charge in [-0.3, -0.25) is 0 Å². The summed E-state index contributed by atoms with van der Waals surface area (Å²) in [5.74, 6) is 1.24. The van der Waals surface area contributed by atoms with Crippen LogP contribution in [0, 0.1) is 12.7 Å². The molecule has 0 saturated carbocycles. The summed E-state index contributed by atoms with van der Waals surface area (Å²) in [5, 5.41) is 12.4. The van der Waals surface area contributed by atoms with E-state index in [1.54, 1.807) is 29.2 Å². The largest absolute Gasteiger partial charge is 0.302 e. The van der Waals surface area contributed by atoms with Crippen LogP contribution >= 0.6 is 34.7 Å². The van der Waals surface area contributed by atoms with Crippen molar-refractivity contribution in [3.05, 3.63) is 50.4 Å². The van der Waals surface area contributed by atoms with Crippen LogP contribution in [0.3, 0.4) is 0 Å². The Morgan fingerprint density at radius 2 is 2.08 bits per heavy atom. The molecule has 3 nitrogen and oxygen atoms in total. The molecule has 138 valence electrons. The minimum Gasteiger partial charge on any atom is -0.302 e. The summed E-state index contributed by atoms with van der Waals surface area (Å²) in [6.07, 6.45) is 1.98. The summed E-state index contributed by atoms with van der Waals surface area (Å²) in [6.45, 7) is 7.33. The number of hydrogen-bond acceptors (Lipinski definition) is 4. The molecule has 0 radical (unpaired) electrons. The van der Waals surface area contributed by atoms with Gasteiger partial charge in [0, 0.05) is 33.1 Å². The Balaban J connectivity index is 1.89. The molecule has 1 aromatic carbocycles. The van der Waals surface area contributed by atoms with E-state index in [9.17, 15) is 4.39 Å². The van der Waals surface area contributed by atoms with Crippen molar-refractivity contribution >= 4 is 34.7 Å². The average molecular weight is 410 g/mol. The van der Waals surface area contributed by atoms with Crippen LogP contribution in [-0.4, -0.2) is 14.8 Å². The Labute approximate surface area is 166 Å². The van der Waals surface area contributed by atoms with Gasteiger partial charge in [-0.2, -0.15) is 0 Å². The zero-order valence-corrected chi connectivity index (χ0v) is 17.4. The van der Waals surface area contributed by atoms with E-state index in [-0.39, 0.29) is 5.82 Å². The van der Waals surface area contributed by atoms with E-state index in [2.05, 4.69) is 40.9 Å². The monoisotopic (exact) mass is 409 g/mol. The van der Waals surface area contributed by atoms with Gasteiger partial charge in [-0.05, 0) is 43.0 Å². The van der Waals surface area contributed by atoms with Crippen LogP contribution in [0.25, 0.3) is 11.4 Å². The molecule has 0 aliphatic rings. The van der Waals surface area contributed by atoms with Crippen molar-refractivity contribution in [1.29, 1.82) is 0 Å². The first-order chi connectivity index (χ1) is 12.5. The number of hydrogen-bond donors (Lipinski definition) is 0. The lowest BCUT2D eigenvalue weighted by Gasteiger charge is -2.10. The molecule has 3 rings (SSSR count). The lowest BCUT2D eigenvalue weighted by Crippen LogP contribution is -2.02. The Hall–Kier alpha value is -1.37. The van der Waals surface area contributed by atoms with Gasteiger partial charge in [-0.25, -0.2) is 4.39 Å². The summed E-state index contributed by atoms with van der Waals surface area (Å²) in [7, 11) is 0. The van der Waals surface area contributed by atoms with Crippen molar-refractivity contribution in [2.45, 2.75) is 51.1 Å². The fraction of sp³-hybridized carbons (Fsp3) is 0.368. The zero-order chi connectivity index (χ0) is 18.7. The van der Waals surface area contributed by atoms with E-state index >= 15 is 0 Å². The van der Waals surface area contributed by atoms with Gasteiger partial charge in [0.1, 0.15) is 5.82 Å². The molecule has 0 bridgehead atoms. The summed E-state index contributed by atoms with van der Waals surface area (Å²) in [6, 6.07) is 4.51. The average Bonchev–Trinajstić information content (AvgIpc) is 3.17. The third kappa shape index (κ3) is 3.97. The van der Waals surface area contributed by atoms with Crippen molar-refractivity contribution in [3.8, 4) is 11.4 Å². The summed E-state index contributed by atoms with van der Waals surface area (Å²) >= 11 is 9.49. The molecule has 0 spiro atoms. The molecular weight excluding hydrogens is 389 g/mol. The second-order valence-corrected chi connectivity index (χ2v) is 8.45. The number of nitrogens with zero attached hydrogens (tertiary/aromatic N) is 3. The fourth-order valence-corrected chi connectivity index (χ4v) is 5.13. The molecule has 2 aromatic heterocycles. The lowest BCUT2D eigenvalue weighted by molar-refractivity contribution is 0.625. The van der Waals surface area contributed by atoms with E-state index < -0.39 is 0 Å². The number of aromatic nitrogens is 3. The standard InChI is InChI=1S/C19H21ClFN3S2/c1-4-8-24-18(16-11-25-12(3)15(16)5-2)22-23-19(24)26-10-13-6-7-14(21)9-17(13)20/h6-7,9,11H,4-5,8,10H2,1-3H3. The number of benzene rings is 1. The molecule has 7 heteroatoms.